The van der Waals surface area contributed by atoms with Gasteiger partial charge in [-0.05, 0) is 12.7 Å². The SMILES string of the molecule is CCC1Cc2nc(SC)sc2CN1. The third-order valence-corrected chi connectivity index (χ3v) is 4.50. The highest BCUT2D eigenvalue weighted by atomic mass is 32.2. The van der Waals surface area contributed by atoms with Crippen LogP contribution in [0, 0.1) is 0 Å². The molecule has 72 valence electrons. The highest BCUT2D eigenvalue weighted by molar-refractivity contribution is 8.00. The lowest BCUT2D eigenvalue weighted by Crippen LogP contribution is -2.34. The highest BCUT2D eigenvalue weighted by Gasteiger charge is 2.20. The summed E-state index contributed by atoms with van der Waals surface area (Å²) in [5.74, 6) is 0. The molecule has 0 aliphatic carbocycles. The van der Waals surface area contributed by atoms with Crippen LogP contribution < -0.4 is 5.32 Å². The second kappa shape index (κ2) is 3.98. The van der Waals surface area contributed by atoms with Crippen molar-refractivity contribution in [3.05, 3.63) is 10.6 Å². The van der Waals surface area contributed by atoms with Crippen molar-refractivity contribution < 1.29 is 0 Å². The van der Waals surface area contributed by atoms with Gasteiger partial charge in [-0.1, -0.05) is 18.7 Å². The molecule has 0 spiro atoms. The average molecular weight is 214 g/mol. The Labute approximate surface area is 87.1 Å². The van der Waals surface area contributed by atoms with Gasteiger partial charge >= 0.3 is 0 Å². The van der Waals surface area contributed by atoms with Crippen molar-refractivity contribution in [2.45, 2.75) is 36.7 Å². The first-order valence-electron chi connectivity index (χ1n) is 4.59. The fraction of sp³-hybridized carbons (Fsp3) is 0.667. The normalized spacial score (nSPS) is 21.5. The van der Waals surface area contributed by atoms with Crippen LogP contribution in [0.15, 0.2) is 4.34 Å². The van der Waals surface area contributed by atoms with Gasteiger partial charge in [0.1, 0.15) is 4.34 Å². The first-order valence-corrected chi connectivity index (χ1v) is 6.63. The van der Waals surface area contributed by atoms with Crippen LogP contribution in [0.5, 0.6) is 0 Å². The van der Waals surface area contributed by atoms with Crippen LogP contribution in [0.1, 0.15) is 23.9 Å². The number of fused-ring (bicyclic) bond motifs is 1. The summed E-state index contributed by atoms with van der Waals surface area (Å²) in [7, 11) is 0. The van der Waals surface area contributed by atoms with Crippen LogP contribution in [0.25, 0.3) is 0 Å². The number of aromatic nitrogens is 1. The van der Waals surface area contributed by atoms with E-state index in [1.165, 1.54) is 21.3 Å². The van der Waals surface area contributed by atoms with Gasteiger partial charge in [0.15, 0.2) is 0 Å². The van der Waals surface area contributed by atoms with Gasteiger partial charge in [-0.3, -0.25) is 0 Å². The third kappa shape index (κ3) is 1.90. The molecule has 0 radical (unpaired) electrons. The maximum atomic E-state index is 4.61. The minimum Gasteiger partial charge on any atom is -0.309 e. The Bertz CT molecular complexity index is 296. The van der Waals surface area contributed by atoms with Crippen LogP contribution >= 0.6 is 23.1 Å². The van der Waals surface area contributed by atoms with Gasteiger partial charge in [-0.15, -0.1) is 11.3 Å². The Balaban J connectivity index is 2.19. The molecule has 0 saturated heterocycles. The van der Waals surface area contributed by atoms with Crippen molar-refractivity contribution in [3.63, 3.8) is 0 Å². The molecule has 0 amide bonds. The quantitative estimate of drug-likeness (QED) is 0.765. The van der Waals surface area contributed by atoms with Gasteiger partial charge < -0.3 is 5.32 Å². The highest BCUT2D eigenvalue weighted by Crippen LogP contribution is 2.28. The Kier molecular flexibility index (Phi) is 2.91. The zero-order valence-electron chi connectivity index (χ0n) is 7.96. The standard InChI is InChI=1S/C9H14N2S2/c1-3-6-4-7-8(5-10-6)13-9(11-7)12-2/h6,10H,3-5H2,1-2H3. The Hall–Kier alpha value is -0.0600. The largest absolute Gasteiger partial charge is 0.309 e. The molecule has 0 saturated carbocycles. The van der Waals surface area contributed by atoms with Gasteiger partial charge in [0.2, 0.25) is 0 Å². The van der Waals surface area contributed by atoms with Crippen LogP contribution in [-0.2, 0) is 13.0 Å². The fourth-order valence-corrected chi connectivity index (χ4v) is 3.18. The summed E-state index contributed by atoms with van der Waals surface area (Å²) in [6.45, 7) is 3.25. The molecule has 0 bridgehead atoms. The summed E-state index contributed by atoms with van der Waals surface area (Å²) in [5.41, 5.74) is 1.33. The molecule has 1 aliphatic rings. The molecule has 2 rings (SSSR count). The van der Waals surface area contributed by atoms with Gasteiger partial charge in [-0.2, -0.15) is 0 Å². The summed E-state index contributed by atoms with van der Waals surface area (Å²) in [5, 5.41) is 3.52. The second-order valence-electron chi connectivity index (χ2n) is 3.24. The van der Waals surface area contributed by atoms with Crippen LogP contribution in [-0.4, -0.2) is 17.3 Å². The number of rotatable bonds is 2. The molecule has 2 heterocycles. The summed E-state index contributed by atoms with van der Waals surface area (Å²) in [4.78, 5) is 6.05. The molecular formula is C9H14N2S2. The van der Waals surface area contributed by atoms with E-state index in [0.717, 1.165) is 13.0 Å². The number of nitrogens with zero attached hydrogens (tertiary/aromatic N) is 1. The Morgan fingerprint density at radius 1 is 1.69 bits per heavy atom. The number of nitrogens with one attached hydrogen (secondary N) is 1. The van der Waals surface area contributed by atoms with Crippen LogP contribution in [0.3, 0.4) is 0 Å². The molecule has 1 aliphatic heterocycles. The van der Waals surface area contributed by atoms with Gasteiger partial charge in [-0.25, -0.2) is 4.98 Å². The number of thioether (sulfide) groups is 1. The topological polar surface area (TPSA) is 24.9 Å². The molecule has 13 heavy (non-hydrogen) atoms. The molecular weight excluding hydrogens is 200 g/mol. The molecule has 0 fully saturated rings. The van der Waals surface area contributed by atoms with E-state index < -0.39 is 0 Å². The number of hydrogen-bond acceptors (Lipinski definition) is 4. The predicted molar refractivity (Wildman–Crippen MR) is 58.5 cm³/mol. The molecule has 1 aromatic rings. The van der Waals surface area contributed by atoms with E-state index in [4.69, 9.17) is 0 Å². The lowest BCUT2D eigenvalue weighted by atomic mass is 10.0. The Morgan fingerprint density at radius 3 is 3.23 bits per heavy atom. The van der Waals surface area contributed by atoms with Crippen molar-refractivity contribution in [2.75, 3.05) is 6.26 Å². The van der Waals surface area contributed by atoms with Crippen LogP contribution in [0.2, 0.25) is 0 Å². The minimum absolute atomic E-state index is 0.643. The molecule has 4 heteroatoms. The van der Waals surface area contributed by atoms with Crippen molar-refractivity contribution in [2.24, 2.45) is 0 Å². The van der Waals surface area contributed by atoms with Crippen molar-refractivity contribution >= 4 is 23.1 Å². The van der Waals surface area contributed by atoms with E-state index >= 15 is 0 Å². The van der Waals surface area contributed by atoms with E-state index in [1.807, 2.05) is 11.3 Å². The lowest BCUT2D eigenvalue weighted by Gasteiger charge is -2.20. The average Bonchev–Trinajstić information content (AvgIpc) is 2.58. The van der Waals surface area contributed by atoms with E-state index in [-0.39, 0.29) is 0 Å². The van der Waals surface area contributed by atoms with E-state index in [9.17, 15) is 0 Å². The predicted octanol–water partition coefficient (Wildman–Crippen LogP) is 2.29. The monoisotopic (exact) mass is 214 g/mol. The number of thiazole rings is 1. The van der Waals surface area contributed by atoms with Crippen LogP contribution in [0.4, 0.5) is 0 Å². The number of hydrogen-bond donors (Lipinski definition) is 1. The smallest absolute Gasteiger partial charge is 0.150 e. The van der Waals surface area contributed by atoms with E-state index in [0.29, 0.717) is 6.04 Å². The molecule has 1 N–H and O–H groups in total. The Morgan fingerprint density at radius 2 is 2.54 bits per heavy atom. The second-order valence-corrected chi connectivity index (χ2v) is 5.38. The molecule has 1 aromatic heterocycles. The summed E-state index contributed by atoms with van der Waals surface area (Å²) >= 11 is 3.59. The first-order chi connectivity index (χ1) is 6.33. The van der Waals surface area contributed by atoms with Gasteiger partial charge in [0.25, 0.3) is 0 Å². The summed E-state index contributed by atoms with van der Waals surface area (Å²) in [6, 6.07) is 0.643. The molecule has 0 aromatic carbocycles. The third-order valence-electron chi connectivity index (χ3n) is 2.42. The first kappa shape index (κ1) is 9.49. The van der Waals surface area contributed by atoms with Crippen molar-refractivity contribution in [3.8, 4) is 0 Å². The molecule has 2 nitrogen and oxygen atoms in total. The molecule has 1 unspecified atom stereocenters. The van der Waals surface area contributed by atoms with Crippen molar-refractivity contribution in [1.82, 2.24) is 10.3 Å². The summed E-state index contributed by atoms with van der Waals surface area (Å²) < 4.78 is 1.21. The lowest BCUT2D eigenvalue weighted by molar-refractivity contribution is 0.466. The zero-order chi connectivity index (χ0) is 9.26. The van der Waals surface area contributed by atoms with E-state index in [2.05, 4.69) is 23.5 Å². The maximum absolute atomic E-state index is 4.61. The van der Waals surface area contributed by atoms with Crippen molar-refractivity contribution in [1.29, 1.82) is 0 Å². The van der Waals surface area contributed by atoms with E-state index in [1.54, 1.807) is 11.8 Å². The maximum Gasteiger partial charge on any atom is 0.150 e. The molecule has 1 atom stereocenters. The van der Waals surface area contributed by atoms with Gasteiger partial charge in [0, 0.05) is 23.9 Å². The van der Waals surface area contributed by atoms with Gasteiger partial charge in [0.05, 0.1) is 5.69 Å². The minimum atomic E-state index is 0.643. The fourth-order valence-electron chi connectivity index (χ4n) is 1.58. The summed E-state index contributed by atoms with van der Waals surface area (Å²) in [6.07, 6.45) is 4.41. The zero-order valence-corrected chi connectivity index (χ0v) is 9.60.